The van der Waals surface area contributed by atoms with Crippen LogP contribution in [0.4, 0.5) is 0 Å². The minimum absolute atomic E-state index is 0.0692. The zero-order valence-corrected chi connectivity index (χ0v) is 13.9. The van der Waals surface area contributed by atoms with E-state index in [0.29, 0.717) is 17.2 Å². The molecule has 0 bridgehead atoms. The maximum atomic E-state index is 12.1. The van der Waals surface area contributed by atoms with Crippen molar-refractivity contribution in [2.75, 3.05) is 0 Å². The summed E-state index contributed by atoms with van der Waals surface area (Å²) in [6.07, 6.45) is 4.33. The van der Waals surface area contributed by atoms with Crippen molar-refractivity contribution in [1.29, 1.82) is 5.26 Å². The molecule has 0 amide bonds. The summed E-state index contributed by atoms with van der Waals surface area (Å²) in [6, 6.07) is 17.1. The van der Waals surface area contributed by atoms with Gasteiger partial charge in [0.05, 0.1) is 17.6 Å². The van der Waals surface area contributed by atoms with E-state index in [0.717, 1.165) is 24.0 Å². The fourth-order valence-electron chi connectivity index (χ4n) is 3.22. The lowest BCUT2D eigenvalue weighted by atomic mass is 9.73. The molecule has 2 aromatic rings. The summed E-state index contributed by atoms with van der Waals surface area (Å²) in [6.45, 7) is 2.18. The summed E-state index contributed by atoms with van der Waals surface area (Å²) in [4.78, 5) is 12.1. The van der Waals surface area contributed by atoms with Gasteiger partial charge in [0.15, 0.2) is 0 Å². The minimum Gasteiger partial charge on any atom is -0.426 e. The molecule has 0 atom stereocenters. The van der Waals surface area contributed by atoms with E-state index >= 15 is 0 Å². The van der Waals surface area contributed by atoms with Crippen LogP contribution < -0.4 is 4.74 Å². The molecule has 2 aromatic carbocycles. The normalized spacial score (nSPS) is 19.2. The van der Waals surface area contributed by atoms with Gasteiger partial charge in [-0.25, -0.2) is 0 Å². The molecule has 1 fully saturated rings. The SMILES string of the molecule is CCCC1CC(C(=O)Oc2ccc(-c3ccc(C#N)cc3)cc2)C1. The first-order valence-corrected chi connectivity index (χ1v) is 8.52. The van der Waals surface area contributed by atoms with Gasteiger partial charge in [-0.05, 0) is 54.2 Å². The first-order chi connectivity index (χ1) is 11.7. The summed E-state index contributed by atoms with van der Waals surface area (Å²) in [7, 11) is 0. The molecule has 3 heteroatoms. The van der Waals surface area contributed by atoms with Crippen LogP contribution >= 0.6 is 0 Å². The maximum absolute atomic E-state index is 12.1. The number of carbonyl (C=O) groups excluding carboxylic acids is 1. The third-order valence-electron chi connectivity index (χ3n) is 4.69. The third-order valence-corrected chi connectivity index (χ3v) is 4.69. The van der Waals surface area contributed by atoms with Gasteiger partial charge in [0.1, 0.15) is 5.75 Å². The van der Waals surface area contributed by atoms with Crippen LogP contribution in [0, 0.1) is 23.2 Å². The van der Waals surface area contributed by atoms with Gasteiger partial charge in [0.2, 0.25) is 0 Å². The molecule has 0 aromatic heterocycles. The average molecular weight is 319 g/mol. The van der Waals surface area contributed by atoms with Gasteiger partial charge in [-0.3, -0.25) is 4.79 Å². The van der Waals surface area contributed by atoms with Crippen molar-refractivity contribution in [2.24, 2.45) is 11.8 Å². The van der Waals surface area contributed by atoms with Gasteiger partial charge in [0, 0.05) is 0 Å². The zero-order valence-electron chi connectivity index (χ0n) is 13.9. The monoisotopic (exact) mass is 319 g/mol. The van der Waals surface area contributed by atoms with Gasteiger partial charge in [-0.1, -0.05) is 44.0 Å². The van der Waals surface area contributed by atoms with E-state index in [4.69, 9.17) is 10.00 Å². The van der Waals surface area contributed by atoms with Crippen molar-refractivity contribution in [3.05, 3.63) is 54.1 Å². The number of hydrogen-bond acceptors (Lipinski definition) is 3. The highest BCUT2D eigenvalue weighted by molar-refractivity contribution is 5.76. The number of rotatable bonds is 5. The van der Waals surface area contributed by atoms with Crippen molar-refractivity contribution < 1.29 is 9.53 Å². The van der Waals surface area contributed by atoms with Crippen molar-refractivity contribution in [1.82, 2.24) is 0 Å². The van der Waals surface area contributed by atoms with E-state index in [1.165, 1.54) is 12.8 Å². The highest BCUT2D eigenvalue weighted by Gasteiger charge is 2.35. The van der Waals surface area contributed by atoms with E-state index in [1.54, 1.807) is 12.1 Å². The standard InChI is InChI=1S/C21H21NO2/c1-2-3-16-12-19(13-16)21(23)24-20-10-8-18(9-11-20)17-6-4-15(14-22)5-7-17/h4-11,16,19H,2-3,12-13H2,1H3. The van der Waals surface area contributed by atoms with Crippen LogP contribution in [0.2, 0.25) is 0 Å². The van der Waals surface area contributed by atoms with Crippen LogP contribution in [0.1, 0.15) is 38.2 Å². The molecule has 1 aliphatic carbocycles. The summed E-state index contributed by atoms with van der Waals surface area (Å²) in [5, 5.41) is 8.84. The second-order valence-corrected chi connectivity index (χ2v) is 6.46. The Morgan fingerprint density at radius 1 is 1.08 bits per heavy atom. The molecule has 0 saturated heterocycles. The lowest BCUT2D eigenvalue weighted by molar-refractivity contribution is -0.143. The lowest BCUT2D eigenvalue weighted by Gasteiger charge is -2.33. The number of nitrogens with zero attached hydrogens (tertiary/aromatic N) is 1. The Hall–Kier alpha value is -2.60. The van der Waals surface area contributed by atoms with Gasteiger partial charge in [0.25, 0.3) is 0 Å². The topological polar surface area (TPSA) is 50.1 Å². The van der Waals surface area contributed by atoms with Crippen LogP contribution in [0.3, 0.4) is 0 Å². The molecular formula is C21H21NO2. The maximum Gasteiger partial charge on any atom is 0.314 e. The first-order valence-electron chi connectivity index (χ1n) is 8.52. The van der Waals surface area contributed by atoms with Crippen molar-refractivity contribution >= 4 is 5.97 Å². The Bertz CT molecular complexity index is 735. The molecule has 24 heavy (non-hydrogen) atoms. The second kappa shape index (κ2) is 7.31. The fourth-order valence-corrected chi connectivity index (χ4v) is 3.22. The Labute approximate surface area is 142 Å². The van der Waals surface area contributed by atoms with E-state index in [1.807, 2.05) is 36.4 Å². The van der Waals surface area contributed by atoms with Gasteiger partial charge in [-0.2, -0.15) is 5.26 Å². The predicted octanol–water partition coefficient (Wildman–Crippen LogP) is 4.96. The van der Waals surface area contributed by atoms with Crippen LogP contribution in [0.25, 0.3) is 11.1 Å². The number of carbonyl (C=O) groups is 1. The van der Waals surface area contributed by atoms with Gasteiger partial charge in [-0.15, -0.1) is 0 Å². The van der Waals surface area contributed by atoms with Crippen molar-refractivity contribution in [3.63, 3.8) is 0 Å². The predicted molar refractivity (Wildman–Crippen MR) is 93.4 cm³/mol. The summed E-state index contributed by atoms with van der Waals surface area (Å²) in [5.41, 5.74) is 2.71. The van der Waals surface area contributed by atoms with Crippen LogP contribution in [-0.2, 0) is 4.79 Å². The Kier molecular flexibility index (Phi) is 4.96. The lowest BCUT2D eigenvalue weighted by Crippen LogP contribution is -2.33. The molecule has 1 saturated carbocycles. The molecule has 0 unspecified atom stereocenters. The molecule has 3 rings (SSSR count). The Balaban J connectivity index is 1.58. The number of nitriles is 1. The van der Waals surface area contributed by atoms with E-state index in [9.17, 15) is 4.79 Å². The number of esters is 1. The van der Waals surface area contributed by atoms with Crippen molar-refractivity contribution in [2.45, 2.75) is 32.6 Å². The smallest absolute Gasteiger partial charge is 0.314 e. The molecule has 3 nitrogen and oxygen atoms in total. The molecule has 0 aliphatic heterocycles. The Morgan fingerprint density at radius 2 is 1.67 bits per heavy atom. The first kappa shape index (κ1) is 16.3. The van der Waals surface area contributed by atoms with Gasteiger partial charge < -0.3 is 4.74 Å². The highest BCUT2D eigenvalue weighted by atomic mass is 16.5. The quantitative estimate of drug-likeness (QED) is 0.578. The molecule has 1 aliphatic rings. The molecule has 0 spiro atoms. The zero-order chi connectivity index (χ0) is 16.9. The molecule has 0 N–H and O–H groups in total. The summed E-state index contributed by atoms with van der Waals surface area (Å²) in [5.74, 6) is 1.26. The Morgan fingerprint density at radius 3 is 2.21 bits per heavy atom. The van der Waals surface area contributed by atoms with Crippen LogP contribution in [0.5, 0.6) is 5.75 Å². The van der Waals surface area contributed by atoms with Crippen LogP contribution in [-0.4, -0.2) is 5.97 Å². The largest absolute Gasteiger partial charge is 0.426 e. The van der Waals surface area contributed by atoms with Crippen molar-refractivity contribution in [3.8, 4) is 22.9 Å². The molecule has 122 valence electrons. The fraction of sp³-hybridized carbons (Fsp3) is 0.333. The second-order valence-electron chi connectivity index (χ2n) is 6.46. The minimum atomic E-state index is -0.103. The van der Waals surface area contributed by atoms with Gasteiger partial charge >= 0.3 is 5.97 Å². The molecule has 0 heterocycles. The number of benzene rings is 2. The third kappa shape index (κ3) is 3.65. The number of ether oxygens (including phenoxy) is 1. The number of hydrogen-bond donors (Lipinski definition) is 0. The van der Waals surface area contributed by atoms with E-state index in [2.05, 4.69) is 13.0 Å². The average Bonchev–Trinajstić information content (AvgIpc) is 2.58. The van der Waals surface area contributed by atoms with Crippen LogP contribution in [0.15, 0.2) is 48.5 Å². The van der Waals surface area contributed by atoms with E-state index < -0.39 is 0 Å². The molecular weight excluding hydrogens is 298 g/mol. The highest BCUT2D eigenvalue weighted by Crippen LogP contribution is 2.37. The summed E-state index contributed by atoms with van der Waals surface area (Å²) >= 11 is 0. The molecule has 0 radical (unpaired) electrons. The van der Waals surface area contributed by atoms with E-state index in [-0.39, 0.29) is 11.9 Å². The summed E-state index contributed by atoms with van der Waals surface area (Å²) < 4.78 is 5.49.